The smallest absolute Gasteiger partial charge is 0.237 e. The predicted molar refractivity (Wildman–Crippen MR) is 248 cm³/mol. The van der Waals surface area contributed by atoms with Crippen LogP contribution in [0.2, 0.25) is 0 Å². The third-order valence-electron chi connectivity index (χ3n) is 12.8. The number of aromatic nitrogens is 4. The highest BCUT2D eigenvalue weighted by molar-refractivity contribution is 5.90. The van der Waals surface area contributed by atoms with E-state index >= 15 is 4.79 Å². The summed E-state index contributed by atoms with van der Waals surface area (Å²) in [5.74, 6) is 1.96. The lowest BCUT2D eigenvalue weighted by atomic mass is 9.69. The first kappa shape index (κ1) is 43.4. The van der Waals surface area contributed by atoms with Gasteiger partial charge < -0.3 is 9.47 Å². The predicted octanol–water partition coefficient (Wildman–Crippen LogP) is 10.3. The maximum Gasteiger partial charge on any atom is 0.237 e. The molecule has 2 fully saturated rings. The number of hydrogen-bond donors (Lipinski definition) is 0. The first-order valence-corrected chi connectivity index (χ1v) is 22.8. The van der Waals surface area contributed by atoms with Crippen molar-refractivity contribution in [2.45, 2.75) is 104 Å². The number of benzene rings is 4. The largest absolute Gasteiger partial charge is 0.471 e. The van der Waals surface area contributed by atoms with Crippen LogP contribution >= 0.6 is 0 Å². The molecule has 2 aromatic heterocycles. The van der Waals surface area contributed by atoms with Crippen LogP contribution in [0, 0.1) is 23.7 Å². The minimum atomic E-state index is -0.368. The molecule has 2 aliphatic heterocycles. The van der Waals surface area contributed by atoms with Crippen molar-refractivity contribution < 1.29 is 14.3 Å². The van der Waals surface area contributed by atoms with Crippen LogP contribution in [0.3, 0.4) is 0 Å². The minimum Gasteiger partial charge on any atom is -0.471 e. The summed E-state index contributed by atoms with van der Waals surface area (Å²) in [6, 6.07) is 30.5. The van der Waals surface area contributed by atoms with E-state index in [2.05, 4.69) is 105 Å². The average Bonchev–Trinajstić information content (AvgIpc) is 3.26. The van der Waals surface area contributed by atoms with Gasteiger partial charge in [0.2, 0.25) is 11.8 Å². The summed E-state index contributed by atoms with van der Waals surface area (Å²) in [6.45, 7) is 17.2. The van der Waals surface area contributed by atoms with Crippen molar-refractivity contribution in [3.05, 3.63) is 132 Å². The Labute approximate surface area is 368 Å². The van der Waals surface area contributed by atoms with Crippen molar-refractivity contribution in [1.82, 2.24) is 29.7 Å². The van der Waals surface area contributed by atoms with Crippen molar-refractivity contribution in [1.29, 1.82) is 0 Å². The number of fused-ring (bicyclic) bond motifs is 2. The molecule has 0 amide bonds. The molecule has 324 valence electrons. The topological polar surface area (TPSA) is 93.6 Å². The van der Waals surface area contributed by atoms with Crippen molar-refractivity contribution in [3.8, 4) is 11.8 Å². The molecule has 9 heteroatoms. The summed E-state index contributed by atoms with van der Waals surface area (Å²) in [4.78, 5) is 39.4. The van der Waals surface area contributed by atoms with E-state index in [-0.39, 0.29) is 34.9 Å². The second-order valence-corrected chi connectivity index (χ2v) is 19.6. The van der Waals surface area contributed by atoms with E-state index in [0.717, 1.165) is 76.1 Å². The fourth-order valence-electron chi connectivity index (χ4n) is 9.81. The second-order valence-electron chi connectivity index (χ2n) is 19.6. The van der Waals surface area contributed by atoms with Crippen LogP contribution in [-0.2, 0) is 30.7 Å². The van der Waals surface area contributed by atoms with E-state index in [0.29, 0.717) is 30.6 Å². The van der Waals surface area contributed by atoms with Gasteiger partial charge in [0, 0.05) is 49.7 Å². The number of Topliss-reactive ketones (excluding diaryl/α,β-unsaturated/α-hetero) is 1. The van der Waals surface area contributed by atoms with E-state index in [4.69, 9.17) is 19.4 Å². The number of carbonyl (C=O) groups excluding carboxylic acids is 1. The van der Waals surface area contributed by atoms with Crippen molar-refractivity contribution in [2.75, 3.05) is 26.2 Å². The van der Waals surface area contributed by atoms with E-state index in [9.17, 15) is 0 Å². The normalized spacial score (nSPS) is 17.3. The van der Waals surface area contributed by atoms with Gasteiger partial charge in [0.1, 0.15) is 28.4 Å². The standard InChI is InChI=1S/C53H64N6O3/c1-52(2,3)61-50-47(54-25-27-56-50)35-58-29-21-39(22-30-58)45(33-41-17-11-15-37-13-7-9-19-43(37)41)49(60)46(34-42-18-12-16-38-14-8-10-20-44(38)42)40-23-31-59(32-24-40)36-48-51(57-28-26-55-48)62-53(4,5)6/h7-20,25-28,39-40,45-46H,21-24,29-36H2,1-6H3. The van der Waals surface area contributed by atoms with Crippen LogP contribution < -0.4 is 9.47 Å². The van der Waals surface area contributed by atoms with Crippen molar-refractivity contribution in [3.63, 3.8) is 0 Å². The Hall–Kier alpha value is -5.25. The van der Waals surface area contributed by atoms with Gasteiger partial charge in [-0.05, 0) is 151 Å². The summed E-state index contributed by atoms with van der Waals surface area (Å²) >= 11 is 0. The molecular formula is C53H64N6O3. The highest BCUT2D eigenvalue weighted by Crippen LogP contribution is 2.39. The molecule has 0 bridgehead atoms. The Kier molecular flexibility index (Phi) is 13.3. The molecule has 0 saturated carbocycles. The molecule has 2 aliphatic rings. The average molecular weight is 833 g/mol. The molecule has 0 N–H and O–H groups in total. The lowest BCUT2D eigenvalue weighted by molar-refractivity contribution is -0.131. The Balaban J connectivity index is 1.07. The summed E-state index contributed by atoms with van der Waals surface area (Å²) in [5.41, 5.74) is 3.53. The third kappa shape index (κ3) is 10.8. The molecule has 4 aromatic carbocycles. The number of hydrogen-bond acceptors (Lipinski definition) is 9. The van der Waals surface area contributed by atoms with E-state index in [1.165, 1.54) is 32.7 Å². The summed E-state index contributed by atoms with van der Waals surface area (Å²) in [7, 11) is 0. The zero-order chi connectivity index (χ0) is 43.3. The van der Waals surface area contributed by atoms with Gasteiger partial charge in [-0.15, -0.1) is 0 Å². The molecule has 2 saturated heterocycles. The minimum absolute atomic E-state index is 0.103. The fourth-order valence-corrected chi connectivity index (χ4v) is 9.81. The Morgan fingerprint density at radius 2 is 0.919 bits per heavy atom. The first-order chi connectivity index (χ1) is 29.9. The van der Waals surface area contributed by atoms with Gasteiger partial charge in [-0.3, -0.25) is 24.6 Å². The molecular weight excluding hydrogens is 769 g/mol. The number of nitrogens with zero attached hydrogens (tertiary/aromatic N) is 6. The van der Waals surface area contributed by atoms with Crippen molar-refractivity contribution >= 4 is 27.3 Å². The summed E-state index contributed by atoms with van der Waals surface area (Å²) < 4.78 is 12.5. The molecule has 8 rings (SSSR count). The van der Waals surface area contributed by atoms with E-state index in [1.807, 2.05) is 41.5 Å². The highest BCUT2D eigenvalue weighted by atomic mass is 16.5. The number of rotatable bonds is 14. The lowest BCUT2D eigenvalue weighted by Crippen LogP contribution is -2.44. The zero-order valence-corrected chi connectivity index (χ0v) is 37.6. The number of likely N-dealkylation sites (tertiary alicyclic amines) is 2. The highest BCUT2D eigenvalue weighted by Gasteiger charge is 2.40. The second kappa shape index (κ2) is 19.0. The van der Waals surface area contributed by atoms with Crippen LogP contribution in [0.15, 0.2) is 110 Å². The van der Waals surface area contributed by atoms with E-state index in [1.54, 1.807) is 24.8 Å². The quantitative estimate of drug-likeness (QED) is 0.106. The molecule has 4 heterocycles. The third-order valence-corrected chi connectivity index (χ3v) is 12.8. The van der Waals surface area contributed by atoms with Gasteiger partial charge in [-0.25, -0.2) is 9.97 Å². The molecule has 0 aliphatic carbocycles. The number of piperidine rings is 2. The van der Waals surface area contributed by atoms with Gasteiger partial charge in [-0.1, -0.05) is 84.9 Å². The summed E-state index contributed by atoms with van der Waals surface area (Å²) in [6.07, 6.45) is 12.2. The molecule has 0 spiro atoms. The Bertz CT molecular complexity index is 2260. The van der Waals surface area contributed by atoms with Crippen LogP contribution in [-0.4, -0.2) is 72.9 Å². The molecule has 0 radical (unpaired) electrons. The number of carbonyl (C=O) groups is 1. The fraction of sp³-hybridized carbons (Fsp3) is 0.453. The van der Waals surface area contributed by atoms with Gasteiger partial charge in [0.25, 0.3) is 0 Å². The van der Waals surface area contributed by atoms with Gasteiger partial charge >= 0.3 is 0 Å². The SMILES string of the molecule is CC(C)(C)Oc1nccnc1CN1CCC(C(Cc2cccc3ccccc23)C(=O)C(Cc2cccc3ccccc23)C2CCN(Cc3nccnc3OC(C)(C)C)CC2)CC1. The van der Waals surface area contributed by atoms with Crippen LogP contribution in [0.25, 0.3) is 21.5 Å². The van der Waals surface area contributed by atoms with Crippen LogP contribution in [0.1, 0.15) is 89.7 Å². The maximum atomic E-state index is 15.9. The molecule has 2 unspecified atom stereocenters. The molecule has 62 heavy (non-hydrogen) atoms. The Morgan fingerprint density at radius 3 is 1.32 bits per heavy atom. The molecule has 9 nitrogen and oxygen atoms in total. The van der Waals surface area contributed by atoms with Gasteiger partial charge in [-0.2, -0.15) is 0 Å². The lowest BCUT2D eigenvalue weighted by Gasteiger charge is -2.40. The van der Waals surface area contributed by atoms with Crippen LogP contribution in [0.5, 0.6) is 11.8 Å². The van der Waals surface area contributed by atoms with E-state index < -0.39 is 0 Å². The van der Waals surface area contributed by atoms with Crippen LogP contribution in [0.4, 0.5) is 0 Å². The maximum absolute atomic E-state index is 15.9. The van der Waals surface area contributed by atoms with Crippen molar-refractivity contribution in [2.24, 2.45) is 23.7 Å². The monoisotopic (exact) mass is 833 g/mol. The zero-order valence-electron chi connectivity index (χ0n) is 37.6. The number of ether oxygens (including phenoxy) is 2. The van der Waals surface area contributed by atoms with Gasteiger partial charge in [0.05, 0.1) is 0 Å². The molecule has 6 aromatic rings. The summed E-state index contributed by atoms with van der Waals surface area (Å²) in [5, 5.41) is 4.94. The number of ketones is 1. The first-order valence-electron chi connectivity index (χ1n) is 22.8. The molecule has 2 atom stereocenters. The Morgan fingerprint density at radius 1 is 0.548 bits per heavy atom. The van der Waals surface area contributed by atoms with Gasteiger partial charge in [0.15, 0.2) is 0 Å².